The molecular weight excluding hydrogens is 191 g/mol. The van der Waals surface area contributed by atoms with E-state index in [1.165, 1.54) is 18.4 Å². The zero-order valence-corrected chi connectivity index (χ0v) is 8.20. The summed E-state index contributed by atoms with van der Waals surface area (Å²) in [6.07, 6.45) is 2.62. The summed E-state index contributed by atoms with van der Waals surface area (Å²) in [5.74, 6) is 1.31. The summed E-state index contributed by atoms with van der Waals surface area (Å²) in [4.78, 5) is 0. The summed E-state index contributed by atoms with van der Waals surface area (Å²) in [5, 5.41) is 0.815. The Morgan fingerprint density at radius 3 is 2.58 bits per heavy atom. The van der Waals surface area contributed by atoms with Crippen molar-refractivity contribution >= 4 is 23.2 Å². The minimum Gasteiger partial charge on any atom is -0.122 e. The Bertz CT molecular complexity index is 290. The van der Waals surface area contributed by atoms with Gasteiger partial charge in [-0.25, -0.2) is 0 Å². The van der Waals surface area contributed by atoms with E-state index in [2.05, 4.69) is 12.1 Å². The molecule has 0 nitrogen and oxygen atoms in total. The van der Waals surface area contributed by atoms with Gasteiger partial charge in [-0.2, -0.15) is 0 Å². The molecule has 0 heterocycles. The molecule has 2 rings (SSSR count). The molecule has 12 heavy (non-hydrogen) atoms. The second-order valence-corrected chi connectivity index (χ2v) is 4.00. The fraction of sp³-hybridized carbons (Fsp3) is 0.400. The molecule has 0 atom stereocenters. The van der Waals surface area contributed by atoms with Crippen LogP contribution in [0.5, 0.6) is 0 Å². The Hall–Kier alpha value is -0.200. The van der Waals surface area contributed by atoms with Crippen LogP contribution < -0.4 is 0 Å². The lowest BCUT2D eigenvalue weighted by molar-refractivity contribution is 1.12. The van der Waals surface area contributed by atoms with Crippen molar-refractivity contribution in [3.05, 3.63) is 34.3 Å². The van der Waals surface area contributed by atoms with Gasteiger partial charge in [0, 0.05) is 10.9 Å². The second-order valence-electron chi connectivity index (χ2n) is 3.30. The predicted molar refractivity (Wildman–Crippen MR) is 53.0 cm³/mol. The average Bonchev–Trinajstić information content (AvgIpc) is 2.85. The van der Waals surface area contributed by atoms with Gasteiger partial charge in [-0.15, -0.1) is 11.6 Å². The van der Waals surface area contributed by atoms with Gasteiger partial charge in [0.2, 0.25) is 0 Å². The maximum absolute atomic E-state index is 5.94. The molecule has 1 aliphatic carbocycles. The molecule has 1 aromatic carbocycles. The number of benzene rings is 1. The smallest absolute Gasteiger partial charge is 0.0474 e. The molecule has 0 amide bonds. The Morgan fingerprint density at radius 1 is 1.25 bits per heavy atom. The molecule has 2 heteroatoms. The van der Waals surface area contributed by atoms with Crippen LogP contribution in [-0.4, -0.2) is 0 Å². The second kappa shape index (κ2) is 3.27. The summed E-state index contributed by atoms with van der Waals surface area (Å²) >= 11 is 11.7. The van der Waals surface area contributed by atoms with Crippen LogP contribution in [0.1, 0.15) is 29.9 Å². The highest BCUT2D eigenvalue weighted by Gasteiger charge is 2.23. The highest BCUT2D eigenvalue weighted by molar-refractivity contribution is 6.30. The first-order valence-corrected chi connectivity index (χ1v) is 5.06. The molecule has 0 radical (unpaired) electrons. The van der Waals surface area contributed by atoms with Gasteiger partial charge in [0.05, 0.1) is 0 Å². The molecule has 1 fully saturated rings. The molecule has 64 valence electrons. The van der Waals surface area contributed by atoms with Crippen molar-refractivity contribution in [3.8, 4) is 0 Å². The summed E-state index contributed by atoms with van der Waals surface area (Å²) in [7, 11) is 0. The van der Waals surface area contributed by atoms with Gasteiger partial charge in [0.25, 0.3) is 0 Å². The van der Waals surface area contributed by atoms with Crippen LogP contribution >= 0.6 is 23.2 Å². The van der Waals surface area contributed by atoms with Crippen molar-refractivity contribution in [2.24, 2.45) is 0 Å². The van der Waals surface area contributed by atoms with Crippen LogP contribution in [0, 0.1) is 0 Å². The predicted octanol–water partition coefficient (Wildman–Crippen LogP) is 3.96. The number of alkyl halides is 1. The fourth-order valence-electron chi connectivity index (χ4n) is 1.40. The molecule has 1 saturated carbocycles. The molecule has 1 aliphatic rings. The van der Waals surface area contributed by atoms with Gasteiger partial charge in [0.1, 0.15) is 0 Å². The average molecular weight is 201 g/mol. The molecular formula is C10H10Cl2. The highest BCUT2D eigenvalue weighted by Crippen LogP contribution is 2.41. The molecule has 0 aromatic heterocycles. The van der Waals surface area contributed by atoms with E-state index < -0.39 is 0 Å². The lowest BCUT2D eigenvalue weighted by Crippen LogP contribution is -1.84. The summed E-state index contributed by atoms with van der Waals surface area (Å²) in [6.45, 7) is 0. The summed E-state index contributed by atoms with van der Waals surface area (Å²) < 4.78 is 0. The van der Waals surface area contributed by atoms with Crippen molar-refractivity contribution in [2.45, 2.75) is 24.6 Å². The molecule has 0 bridgehead atoms. The van der Waals surface area contributed by atoms with Crippen LogP contribution in [0.15, 0.2) is 18.2 Å². The van der Waals surface area contributed by atoms with Crippen LogP contribution in [0.2, 0.25) is 5.02 Å². The monoisotopic (exact) mass is 200 g/mol. The standard InChI is InChI=1S/C10H10Cl2/c11-6-7-3-9(8-1-2-8)5-10(12)4-7/h3-5,8H,1-2,6H2. The SMILES string of the molecule is ClCc1cc(Cl)cc(C2CC2)c1. The summed E-state index contributed by atoms with van der Waals surface area (Å²) in [6, 6.07) is 6.15. The van der Waals surface area contributed by atoms with Crippen molar-refractivity contribution < 1.29 is 0 Å². The van der Waals surface area contributed by atoms with Crippen LogP contribution in [0.3, 0.4) is 0 Å². The zero-order chi connectivity index (χ0) is 8.55. The van der Waals surface area contributed by atoms with E-state index in [1.807, 2.05) is 6.07 Å². The van der Waals surface area contributed by atoms with E-state index in [-0.39, 0.29) is 0 Å². The van der Waals surface area contributed by atoms with E-state index in [4.69, 9.17) is 23.2 Å². The Kier molecular flexibility index (Phi) is 2.29. The van der Waals surface area contributed by atoms with Gasteiger partial charge >= 0.3 is 0 Å². The first-order chi connectivity index (χ1) is 5.79. The minimum absolute atomic E-state index is 0.556. The lowest BCUT2D eigenvalue weighted by atomic mass is 10.1. The van der Waals surface area contributed by atoms with E-state index in [0.29, 0.717) is 5.88 Å². The number of hydrogen-bond donors (Lipinski definition) is 0. The third-order valence-corrected chi connectivity index (χ3v) is 2.71. The van der Waals surface area contributed by atoms with Gasteiger partial charge in [-0.1, -0.05) is 17.7 Å². The van der Waals surface area contributed by atoms with Gasteiger partial charge in [-0.3, -0.25) is 0 Å². The maximum atomic E-state index is 5.94. The number of rotatable bonds is 2. The summed E-state index contributed by atoms with van der Waals surface area (Å²) in [5.41, 5.74) is 2.49. The van der Waals surface area contributed by atoms with Crippen molar-refractivity contribution in [3.63, 3.8) is 0 Å². The third kappa shape index (κ3) is 1.75. The first-order valence-electron chi connectivity index (χ1n) is 4.15. The number of halogens is 2. The van der Waals surface area contributed by atoms with E-state index in [0.717, 1.165) is 16.5 Å². The molecule has 0 aliphatic heterocycles. The van der Waals surface area contributed by atoms with Crippen molar-refractivity contribution in [1.29, 1.82) is 0 Å². The molecule has 1 aromatic rings. The topological polar surface area (TPSA) is 0 Å². The van der Waals surface area contributed by atoms with Crippen LogP contribution in [-0.2, 0) is 5.88 Å². The van der Waals surface area contributed by atoms with Gasteiger partial charge < -0.3 is 0 Å². The Morgan fingerprint density at radius 2 is 2.00 bits per heavy atom. The molecule has 0 saturated heterocycles. The van der Waals surface area contributed by atoms with Crippen molar-refractivity contribution in [2.75, 3.05) is 0 Å². The highest BCUT2D eigenvalue weighted by atomic mass is 35.5. The Balaban J connectivity index is 2.34. The minimum atomic E-state index is 0.556. The van der Waals surface area contributed by atoms with Gasteiger partial charge in [-0.05, 0) is 42.0 Å². The van der Waals surface area contributed by atoms with E-state index in [9.17, 15) is 0 Å². The zero-order valence-electron chi connectivity index (χ0n) is 6.69. The maximum Gasteiger partial charge on any atom is 0.0474 e. The third-order valence-electron chi connectivity index (χ3n) is 2.18. The van der Waals surface area contributed by atoms with Gasteiger partial charge in [0.15, 0.2) is 0 Å². The van der Waals surface area contributed by atoms with Crippen LogP contribution in [0.25, 0.3) is 0 Å². The van der Waals surface area contributed by atoms with Crippen LogP contribution in [0.4, 0.5) is 0 Å². The fourth-order valence-corrected chi connectivity index (χ4v) is 1.83. The molecule has 0 spiro atoms. The first kappa shape index (κ1) is 8.40. The lowest BCUT2D eigenvalue weighted by Gasteiger charge is -2.02. The largest absolute Gasteiger partial charge is 0.122 e. The quantitative estimate of drug-likeness (QED) is 0.635. The van der Waals surface area contributed by atoms with E-state index in [1.54, 1.807) is 0 Å². The Labute approximate surface area is 82.5 Å². The normalized spacial score (nSPS) is 16.5. The van der Waals surface area contributed by atoms with E-state index >= 15 is 0 Å². The van der Waals surface area contributed by atoms with Crippen molar-refractivity contribution in [1.82, 2.24) is 0 Å². The number of hydrogen-bond acceptors (Lipinski definition) is 0. The molecule has 0 N–H and O–H groups in total. The molecule has 0 unspecified atom stereocenters.